The molecule has 0 radical (unpaired) electrons. The second-order valence-electron chi connectivity index (χ2n) is 5.15. The maximum atomic E-state index is 12.8. The van der Waals surface area contributed by atoms with Gasteiger partial charge < -0.3 is 0 Å². The molecule has 3 rings (SSSR count). The van der Waals surface area contributed by atoms with Gasteiger partial charge in [0.15, 0.2) is 5.13 Å². The van der Waals surface area contributed by atoms with Crippen LogP contribution in [0.3, 0.4) is 0 Å². The number of thiazole rings is 1. The van der Waals surface area contributed by atoms with Gasteiger partial charge in [0.25, 0.3) is 0 Å². The fourth-order valence-electron chi connectivity index (χ4n) is 2.17. The monoisotopic (exact) mass is 355 g/mol. The van der Waals surface area contributed by atoms with Crippen LogP contribution in [0.4, 0.5) is 10.8 Å². The van der Waals surface area contributed by atoms with Crippen molar-refractivity contribution in [1.82, 2.24) is 9.97 Å². The minimum absolute atomic E-state index is 0.0245. The summed E-state index contributed by atoms with van der Waals surface area (Å²) in [4.78, 5) is 23.3. The normalized spacial score (nSPS) is 10.5. The van der Waals surface area contributed by atoms with E-state index in [2.05, 4.69) is 9.97 Å². The zero-order chi connectivity index (χ0) is 16.8. The summed E-state index contributed by atoms with van der Waals surface area (Å²) in [7, 11) is 0. The lowest BCUT2D eigenvalue weighted by Crippen LogP contribution is -2.27. The smallest absolute Gasteiger partial charge is 0.243 e. The molecule has 0 aliphatic heterocycles. The number of rotatable bonds is 6. The summed E-state index contributed by atoms with van der Waals surface area (Å²) in [6.45, 7) is 1.93. The van der Waals surface area contributed by atoms with Crippen molar-refractivity contribution in [2.45, 2.75) is 12.7 Å². The van der Waals surface area contributed by atoms with Crippen molar-refractivity contribution in [2.75, 3.05) is 10.7 Å². The number of anilines is 2. The zero-order valence-electron chi connectivity index (χ0n) is 13.3. The van der Waals surface area contributed by atoms with Gasteiger partial charge in [0.2, 0.25) is 5.91 Å². The maximum absolute atomic E-state index is 12.8. The summed E-state index contributed by atoms with van der Waals surface area (Å²) in [6.07, 6.45) is 1.77. The predicted molar refractivity (Wildman–Crippen MR) is 101 cm³/mol. The second-order valence-corrected chi connectivity index (χ2v) is 6.97. The van der Waals surface area contributed by atoms with Gasteiger partial charge in [0.05, 0.1) is 22.8 Å². The molecular formula is C18H17N3OS2. The highest BCUT2D eigenvalue weighted by Crippen LogP contribution is 2.29. The molecular weight excluding hydrogens is 338 g/mol. The number of hydrogen-bond acceptors (Lipinski definition) is 5. The van der Waals surface area contributed by atoms with Crippen LogP contribution in [0.5, 0.6) is 0 Å². The molecule has 2 heterocycles. The van der Waals surface area contributed by atoms with Crippen molar-refractivity contribution in [3.63, 3.8) is 0 Å². The van der Waals surface area contributed by atoms with Crippen LogP contribution in [0.25, 0.3) is 0 Å². The van der Waals surface area contributed by atoms with E-state index in [9.17, 15) is 4.79 Å². The van der Waals surface area contributed by atoms with Crippen LogP contribution in [0.15, 0.2) is 60.1 Å². The predicted octanol–water partition coefficient (Wildman–Crippen LogP) is 4.44. The number of benzene rings is 1. The van der Waals surface area contributed by atoms with Crippen LogP contribution < -0.4 is 4.90 Å². The van der Waals surface area contributed by atoms with E-state index in [1.807, 2.05) is 60.8 Å². The largest absolute Gasteiger partial charge is 0.273 e. The van der Waals surface area contributed by atoms with Gasteiger partial charge in [-0.3, -0.25) is 14.7 Å². The highest BCUT2D eigenvalue weighted by Gasteiger charge is 2.20. The molecule has 0 aliphatic carbocycles. The molecule has 0 atom stereocenters. The third-order valence-corrected chi connectivity index (χ3v) is 5.16. The number of amides is 1. The molecule has 24 heavy (non-hydrogen) atoms. The number of pyridine rings is 1. The van der Waals surface area contributed by atoms with Crippen molar-refractivity contribution in [2.24, 2.45) is 0 Å². The average molecular weight is 355 g/mol. The Kier molecular flexibility index (Phi) is 5.61. The van der Waals surface area contributed by atoms with E-state index in [1.54, 1.807) is 22.9 Å². The molecule has 4 nitrogen and oxygen atoms in total. The molecule has 0 saturated carbocycles. The molecule has 1 amide bonds. The van der Waals surface area contributed by atoms with Gasteiger partial charge in [0, 0.05) is 17.3 Å². The van der Waals surface area contributed by atoms with E-state index in [0.29, 0.717) is 16.6 Å². The minimum Gasteiger partial charge on any atom is -0.273 e. The molecule has 0 saturated heterocycles. The van der Waals surface area contributed by atoms with Crippen molar-refractivity contribution < 1.29 is 4.79 Å². The Bertz CT molecular complexity index is 790. The summed E-state index contributed by atoms with van der Waals surface area (Å²) >= 11 is 3.05. The first-order chi connectivity index (χ1) is 11.7. The molecule has 0 fully saturated rings. The van der Waals surface area contributed by atoms with Crippen molar-refractivity contribution in [1.29, 1.82) is 0 Å². The fraction of sp³-hybridized carbons (Fsp3) is 0.167. The number of hydrogen-bond donors (Lipinski definition) is 0. The maximum Gasteiger partial charge on any atom is 0.243 e. The summed E-state index contributed by atoms with van der Waals surface area (Å²) in [5.74, 6) is 1.12. The van der Waals surface area contributed by atoms with Crippen LogP contribution in [0.1, 0.15) is 11.4 Å². The minimum atomic E-state index is 0.0245. The molecule has 0 unspecified atom stereocenters. The second kappa shape index (κ2) is 8.08. The third-order valence-electron chi connectivity index (χ3n) is 3.26. The Morgan fingerprint density at radius 2 is 1.96 bits per heavy atom. The number of aryl methyl sites for hydroxylation is 1. The molecule has 2 aromatic heterocycles. The number of thioether (sulfide) groups is 1. The zero-order valence-corrected chi connectivity index (χ0v) is 14.9. The lowest BCUT2D eigenvalue weighted by molar-refractivity contribution is -0.115. The van der Waals surface area contributed by atoms with E-state index >= 15 is 0 Å². The van der Waals surface area contributed by atoms with Gasteiger partial charge in [-0.2, -0.15) is 0 Å². The van der Waals surface area contributed by atoms with E-state index < -0.39 is 0 Å². The van der Waals surface area contributed by atoms with Crippen LogP contribution in [-0.4, -0.2) is 21.6 Å². The van der Waals surface area contributed by atoms with Gasteiger partial charge in [-0.1, -0.05) is 24.3 Å². The van der Waals surface area contributed by atoms with Crippen molar-refractivity contribution in [3.05, 3.63) is 71.5 Å². The number of carbonyl (C=O) groups is 1. The molecule has 0 aliphatic rings. The summed E-state index contributed by atoms with van der Waals surface area (Å²) in [6, 6.07) is 15.5. The van der Waals surface area contributed by atoms with E-state index in [-0.39, 0.29) is 5.91 Å². The van der Waals surface area contributed by atoms with Gasteiger partial charge in [-0.05, 0) is 31.2 Å². The Morgan fingerprint density at radius 1 is 1.17 bits per heavy atom. The summed E-state index contributed by atoms with van der Waals surface area (Å²) < 4.78 is 0. The van der Waals surface area contributed by atoms with Crippen LogP contribution in [-0.2, 0) is 10.5 Å². The summed E-state index contributed by atoms with van der Waals surface area (Å²) in [5.41, 5.74) is 2.74. The van der Waals surface area contributed by atoms with Gasteiger partial charge >= 0.3 is 0 Å². The van der Waals surface area contributed by atoms with Gasteiger partial charge in [0.1, 0.15) is 0 Å². The Labute approximate surface area is 149 Å². The summed E-state index contributed by atoms with van der Waals surface area (Å²) in [5, 5.41) is 2.67. The molecule has 0 bridgehead atoms. The molecule has 6 heteroatoms. The van der Waals surface area contributed by atoms with Gasteiger partial charge in [-0.25, -0.2) is 4.98 Å². The molecule has 0 N–H and O–H groups in total. The highest BCUT2D eigenvalue weighted by atomic mass is 32.2. The Hall–Kier alpha value is -2.18. The van der Waals surface area contributed by atoms with Crippen molar-refractivity contribution >= 4 is 39.8 Å². The van der Waals surface area contributed by atoms with E-state index in [4.69, 9.17) is 0 Å². The van der Waals surface area contributed by atoms with Crippen LogP contribution >= 0.6 is 23.1 Å². The SMILES string of the molecule is Cc1csc(N(C(=O)CSCc2ccccn2)c2ccccc2)n1. The van der Waals surface area contributed by atoms with Crippen molar-refractivity contribution in [3.8, 4) is 0 Å². The first-order valence-electron chi connectivity index (χ1n) is 7.52. The lowest BCUT2D eigenvalue weighted by atomic mass is 10.3. The number of carbonyl (C=O) groups excluding carboxylic acids is 1. The first-order valence-corrected chi connectivity index (χ1v) is 9.55. The fourth-order valence-corrected chi connectivity index (χ4v) is 3.80. The number of para-hydroxylation sites is 1. The van der Waals surface area contributed by atoms with Crippen LogP contribution in [0.2, 0.25) is 0 Å². The topological polar surface area (TPSA) is 46.1 Å². The molecule has 3 aromatic rings. The standard InChI is InChI=1S/C18H17N3OS2/c1-14-11-24-18(20-14)21(16-8-3-2-4-9-16)17(22)13-23-12-15-7-5-6-10-19-15/h2-11H,12-13H2,1H3. The number of nitrogens with zero attached hydrogens (tertiary/aromatic N) is 3. The quantitative estimate of drug-likeness (QED) is 0.655. The van der Waals surface area contributed by atoms with Crippen LogP contribution in [0, 0.1) is 6.92 Å². The van der Waals surface area contributed by atoms with E-state index in [1.165, 1.54) is 11.3 Å². The molecule has 122 valence electrons. The average Bonchev–Trinajstić information content (AvgIpc) is 3.03. The first kappa shape index (κ1) is 16.7. The van der Waals surface area contributed by atoms with Gasteiger partial charge in [-0.15, -0.1) is 23.1 Å². The Morgan fingerprint density at radius 3 is 2.62 bits per heavy atom. The number of aromatic nitrogens is 2. The Balaban J connectivity index is 1.72. The van der Waals surface area contributed by atoms with E-state index in [0.717, 1.165) is 17.1 Å². The molecule has 1 aromatic carbocycles. The molecule has 0 spiro atoms. The lowest BCUT2D eigenvalue weighted by Gasteiger charge is -2.19. The third kappa shape index (κ3) is 4.21. The highest BCUT2D eigenvalue weighted by molar-refractivity contribution is 7.99.